The number of benzene rings is 2. The number of anilines is 3. The second kappa shape index (κ2) is 7.70. The number of halogens is 1. The summed E-state index contributed by atoms with van der Waals surface area (Å²) in [5, 5.41) is 15.1. The lowest BCUT2D eigenvalue weighted by Crippen LogP contribution is -2.10. The van der Waals surface area contributed by atoms with Crippen LogP contribution in [0.25, 0.3) is 0 Å². The topological polar surface area (TPSA) is 62.7 Å². The third kappa shape index (κ3) is 4.70. The van der Waals surface area contributed by atoms with Crippen molar-refractivity contribution in [1.82, 2.24) is 15.2 Å². The lowest BCUT2D eigenvalue weighted by molar-refractivity contribution is 0.590. The van der Waals surface area contributed by atoms with Crippen LogP contribution < -0.4 is 10.6 Å². The van der Waals surface area contributed by atoms with E-state index in [1.807, 2.05) is 36.4 Å². The van der Waals surface area contributed by atoms with Crippen molar-refractivity contribution in [3.8, 4) is 0 Å². The largest absolute Gasteiger partial charge is 0.349 e. The second-order valence-electron chi connectivity index (χ2n) is 7.06. The SMILES string of the molecule is CC(C)(C)c1ccc(Nc2cnnc(NCc3ccccc3Cl)n2)cc1. The van der Waals surface area contributed by atoms with E-state index in [-0.39, 0.29) is 5.41 Å². The van der Waals surface area contributed by atoms with Crippen molar-refractivity contribution >= 4 is 29.1 Å². The van der Waals surface area contributed by atoms with E-state index < -0.39 is 0 Å². The van der Waals surface area contributed by atoms with Crippen LogP contribution in [-0.2, 0) is 12.0 Å². The van der Waals surface area contributed by atoms with Gasteiger partial charge in [-0.05, 0) is 34.7 Å². The molecule has 0 fully saturated rings. The average molecular weight is 368 g/mol. The van der Waals surface area contributed by atoms with Gasteiger partial charge in [-0.15, -0.1) is 5.10 Å². The summed E-state index contributed by atoms with van der Waals surface area (Å²) in [6, 6.07) is 16.0. The molecule has 134 valence electrons. The van der Waals surface area contributed by atoms with Gasteiger partial charge in [-0.2, -0.15) is 10.1 Å². The third-order valence-corrected chi connectivity index (χ3v) is 4.35. The molecule has 0 bridgehead atoms. The molecule has 0 radical (unpaired) electrons. The predicted octanol–water partition coefficient (Wildman–Crippen LogP) is 5.18. The van der Waals surface area contributed by atoms with E-state index in [4.69, 9.17) is 11.6 Å². The van der Waals surface area contributed by atoms with E-state index >= 15 is 0 Å². The average Bonchev–Trinajstić information content (AvgIpc) is 2.61. The summed E-state index contributed by atoms with van der Waals surface area (Å²) in [5.74, 6) is 1.08. The summed E-state index contributed by atoms with van der Waals surface area (Å²) in [6.07, 6.45) is 1.60. The van der Waals surface area contributed by atoms with Crippen molar-refractivity contribution in [2.45, 2.75) is 32.7 Å². The van der Waals surface area contributed by atoms with Gasteiger partial charge in [0.2, 0.25) is 5.95 Å². The maximum atomic E-state index is 6.16. The summed E-state index contributed by atoms with van der Waals surface area (Å²) >= 11 is 6.16. The van der Waals surface area contributed by atoms with Crippen LogP contribution in [0.15, 0.2) is 54.7 Å². The van der Waals surface area contributed by atoms with Gasteiger partial charge in [0, 0.05) is 17.3 Å². The molecule has 1 heterocycles. The Bertz CT molecular complexity index is 872. The Balaban J connectivity index is 1.66. The molecule has 5 nitrogen and oxygen atoms in total. The highest BCUT2D eigenvalue weighted by Crippen LogP contribution is 2.24. The van der Waals surface area contributed by atoms with Crippen molar-refractivity contribution in [2.24, 2.45) is 0 Å². The zero-order valence-electron chi connectivity index (χ0n) is 15.1. The molecule has 0 saturated carbocycles. The van der Waals surface area contributed by atoms with Crippen LogP contribution in [0.3, 0.4) is 0 Å². The lowest BCUT2D eigenvalue weighted by Gasteiger charge is -2.19. The molecule has 2 aromatic carbocycles. The summed E-state index contributed by atoms with van der Waals surface area (Å²) in [5.41, 5.74) is 3.35. The molecule has 3 aromatic rings. The molecule has 2 N–H and O–H groups in total. The number of hydrogen-bond acceptors (Lipinski definition) is 5. The second-order valence-corrected chi connectivity index (χ2v) is 7.47. The lowest BCUT2D eigenvalue weighted by atomic mass is 9.87. The standard InChI is InChI=1S/C20H22ClN5/c1-20(2,3)15-8-10-16(11-9-15)24-18-13-23-26-19(25-18)22-12-14-6-4-5-7-17(14)21/h4-11,13H,12H2,1-3H3,(H2,22,24,25,26). The molecule has 0 unspecified atom stereocenters. The van der Waals surface area contributed by atoms with E-state index in [2.05, 4.69) is 58.7 Å². The van der Waals surface area contributed by atoms with E-state index in [0.717, 1.165) is 11.3 Å². The summed E-state index contributed by atoms with van der Waals surface area (Å²) in [6.45, 7) is 7.12. The minimum Gasteiger partial charge on any atom is -0.349 e. The quantitative estimate of drug-likeness (QED) is 0.650. The summed E-state index contributed by atoms with van der Waals surface area (Å²) in [7, 11) is 0. The van der Waals surface area contributed by atoms with Crippen molar-refractivity contribution in [2.75, 3.05) is 10.6 Å². The van der Waals surface area contributed by atoms with Crippen molar-refractivity contribution in [3.63, 3.8) is 0 Å². The van der Waals surface area contributed by atoms with Gasteiger partial charge in [-0.3, -0.25) is 0 Å². The Hall–Kier alpha value is -2.66. The zero-order chi connectivity index (χ0) is 18.6. The number of nitrogens with zero attached hydrogens (tertiary/aromatic N) is 3. The summed E-state index contributed by atoms with van der Waals surface area (Å²) < 4.78 is 0. The fourth-order valence-electron chi connectivity index (χ4n) is 2.46. The van der Waals surface area contributed by atoms with Gasteiger partial charge >= 0.3 is 0 Å². The van der Waals surface area contributed by atoms with Crippen molar-refractivity contribution in [3.05, 3.63) is 70.9 Å². The van der Waals surface area contributed by atoms with Crippen molar-refractivity contribution < 1.29 is 0 Å². The highest BCUT2D eigenvalue weighted by atomic mass is 35.5. The van der Waals surface area contributed by atoms with Gasteiger partial charge in [-0.1, -0.05) is 62.7 Å². The van der Waals surface area contributed by atoms with Crippen molar-refractivity contribution in [1.29, 1.82) is 0 Å². The Morgan fingerprint density at radius 3 is 2.42 bits per heavy atom. The maximum absolute atomic E-state index is 6.16. The molecule has 6 heteroatoms. The first-order valence-corrected chi connectivity index (χ1v) is 8.84. The van der Waals surface area contributed by atoms with Gasteiger partial charge in [0.25, 0.3) is 0 Å². The predicted molar refractivity (Wildman–Crippen MR) is 107 cm³/mol. The van der Waals surface area contributed by atoms with Gasteiger partial charge in [-0.25, -0.2) is 0 Å². The van der Waals surface area contributed by atoms with Gasteiger partial charge in [0.15, 0.2) is 5.82 Å². The van der Waals surface area contributed by atoms with Gasteiger partial charge in [0.1, 0.15) is 0 Å². The van der Waals surface area contributed by atoms with E-state index in [9.17, 15) is 0 Å². The van der Waals surface area contributed by atoms with Crippen LogP contribution in [-0.4, -0.2) is 15.2 Å². The Morgan fingerprint density at radius 2 is 1.73 bits per heavy atom. The minimum atomic E-state index is 0.130. The minimum absolute atomic E-state index is 0.130. The monoisotopic (exact) mass is 367 g/mol. The smallest absolute Gasteiger partial charge is 0.244 e. The first kappa shape index (κ1) is 18.1. The highest BCUT2D eigenvalue weighted by molar-refractivity contribution is 6.31. The summed E-state index contributed by atoms with van der Waals surface area (Å²) in [4.78, 5) is 4.45. The Kier molecular flexibility index (Phi) is 5.38. The molecule has 0 aliphatic rings. The zero-order valence-corrected chi connectivity index (χ0v) is 15.9. The maximum Gasteiger partial charge on any atom is 0.244 e. The first-order chi connectivity index (χ1) is 12.4. The number of aromatic nitrogens is 3. The fourth-order valence-corrected chi connectivity index (χ4v) is 2.66. The molecule has 0 spiro atoms. The van der Waals surface area contributed by atoms with E-state index in [1.165, 1.54) is 5.56 Å². The highest BCUT2D eigenvalue weighted by Gasteiger charge is 2.13. The molecular weight excluding hydrogens is 346 g/mol. The van der Waals surface area contributed by atoms with Gasteiger partial charge in [0.05, 0.1) is 6.20 Å². The van der Waals surface area contributed by atoms with E-state index in [1.54, 1.807) is 6.20 Å². The Morgan fingerprint density at radius 1 is 1.00 bits per heavy atom. The van der Waals surface area contributed by atoms with Crippen LogP contribution in [0.4, 0.5) is 17.5 Å². The van der Waals surface area contributed by atoms with E-state index in [0.29, 0.717) is 23.3 Å². The molecular formula is C20H22ClN5. The third-order valence-electron chi connectivity index (χ3n) is 3.98. The molecule has 0 atom stereocenters. The number of rotatable bonds is 5. The van der Waals surface area contributed by atoms with Crippen LogP contribution in [0.2, 0.25) is 5.02 Å². The molecule has 0 aliphatic heterocycles. The normalized spacial score (nSPS) is 11.2. The van der Waals surface area contributed by atoms with Gasteiger partial charge < -0.3 is 10.6 Å². The molecule has 0 saturated heterocycles. The molecule has 0 aliphatic carbocycles. The molecule has 26 heavy (non-hydrogen) atoms. The van der Waals surface area contributed by atoms with Crippen LogP contribution in [0.5, 0.6) is 0 Å². The molecule has 3 rings (SSSR count). The first-order valence-electron chi connectivity index (χ1n) is 8.46. The molecule has 0 amide bonds. The molecule has 1 aromatic heterocycles. The van der Waals surface area contributed by atoms with Crippen LogP contribution in [0.1, 0.15) is 31.9 Å². The van der Waals surface area contributed by atoms with Crippen LogP contribution >= 0.6 is 11.6 Å². The number of nitrogens with one attached hydrogen (secondary N) is 2. The number of hydrogen-bond donors (Lipinski definition) is 2. The fraction of sp³-hybridized carbons (Fsp3) is 0.250. The Labute approximate surface area is 158 Å². The van der Waals surface area contributed by atoms with Crippen LogP contribution in [0, 0.1) is 0 Å².